The molecule has 0 aromatic carbocycles. The zero-order valence-corrected chi connectivity index (χ0v) is 16.9. The maximum Gasteiger partial charge on any atom is 0.354 e. The van der Waals surface area contributed by atoms with Crippen molar-refractivity contribution in [3.8, 4) is 0 Å². The van der Waals surface area contributed by atoms with Gasteiger partial charge in [0.2, 0.25) is 5.54 Å². The van der Waals surface area contributed by atoms with Crippen LogP contribution in [0.1, 0.15) is 33.6 Å². The van der Waals surface area contributed by atoms with Crippen molar-refractivity contribution in [2.24, 2.45) is 0 Å². The molecule has 1 aromatic heterocycles. The summed E-state index contributed by atoms with van der Waals surface area (Å²) in [5.74, 6) is 2.96. The molecule has 0 N–H and O–H groups in total. The van der Waals surface area contributed by atoms with Gasteiger partial charge in [0, 0.05) is 12.0 Å². The number of aromatic nitrogens is 2. The molecule has 0 saturated carbocycles. The topological polar surface area (TPSA) is 36.3 Å². The zero-order chi connectivity index (χ0) is 18.5. The van der Waals surface area contributed by atoms with Crippen molar-refractivity contribution in [1.29, 1.82) is 0 Å². The molecule has 3 aliphatic rings. The van der Waals surface area contributed by atoms with Gasteiger partial charge >= 0.3 is 5.95 Å². The minimum atomic E-state index is -0.342. The van der Waals surface area contributed by atoms with E-state index in [4.69, 9.17) is 14.6 Å². The summed E-state index contributed by atoms with van der Waals surface area (Å²) in [7, 11) is 3.53. The molecule has 2 atom stereocenters. The van der Waals surface area contributed by atoms with Crippen LogP contribution in [0.4, 0.5) is 5.95 Å². The fraction of sp³-hybridized carbons (Fsp3) is 0.450. The van der Waals surface area contributed by atoms with Crippen LogP contribution in [0.2, 0.25) is 0 Å². The number of quaternary nitrogens is 1. The van der Waals surface area contributed by atoms with Gasteiger partial charge in [0.25, 0.3) is 0 Å². The van der Waals surface area contributed by atoms with Crippen LogP contribution in [0.25, 0.3) is 5.70 Å². The van der Waals surface area contributed by atoms with Gasteiger partial charge in [0.15, 0.2) is 0 Å². The summed E-state index contributed by atoms with van der Waals surface area (Å²) in [6.45, 7) is 6.50. The quantitative estimate of drug-likeness (QED) is 0.557. The van der Waals surface area contributed by atoms with E-state index in [1.807, 2.05) is 18.0 Å². The van der Waals surface area contributed by atoms with E-state index in [1.165, 1.54) is 11.3 Å². The summed E-state index contributed by atoms with van der Waals surface area (Å²) in [5, 5.41) is 1.16. The van der Waals surface area contributed by atoms with Gasteiger partial charge in [0.05, 0.1) is 20.4 Å². The summed E-state index contributed by atoms with van der Waals surface area (Å²) >= 11 is 1.85. The van der Waals surface area contributed by atoms with Crippen LogP contribution >= 0.6 is 11.8 Å². The normalized spacial score (nSPS) is 29.1. The Morgan fingerprint density at radius 2 is 2.12 bits per heavy atom. The average Bonchev–Trinajstić information content (AvgIpc) is 3.14. The fourth-order valence-electron chi connectivity index (χ4n) is 4.68. The Kier molecular flexibility index (Phi) is 4.17. The SMILES string of the molecule is CCCSc1cnc2n1C1=C(C)C(OC)=C(C)CC13C=CC=C[N+]23OC. The summed E-state index contributed by atoms with van der Waals surface area (Å²) in [6.07, 6.45) is 12.5. The molecule has 26 heavy (non-hydrogen) atoms. The molecule has 1 aliphatic carbocycles. The Bertz CT molecular complexity index is 880. The van der Waals surface area contributed by atoms with Crippen LogP contribution in [0.3, 0.4) is 0 Å². The largest absolute Gasteiger partial charge is 0.496 e. The van der Waals surface area contributed by atoms with Crippen LogP contribution in [-0.2, 0) is 9.57 Å². The van der Waals surface area contributed by atoms with Gasteiger partial charge in [-0.05, 0) is 43.7 Å². The molecule has 1 aromatic rings. The number of hydrogen-bond acceptors (Lipinski definition) is 4. The molecule has 0 fully saturated rings. The van der Waals surface area contributed by atoms with Crippen LogP contribution in [-0.4, -0.2) is 35.1 Å². The lowest BCUT2D eigenvalue weighted by Crippen LogP contribution is -2.60. The first-order valence-corrected chi connectivity index (χ1v) is 10.0. The van der Waals surface area contributed by atoms with Crippen molar-refractivity contribution in [3.63, 3.8) is 0 Å². The Hall–Kier alpha value is -1.76. The van der Waals surface area contributed by atoms with E-state index in [1.54, 1.807) is 14.2 Å². The van der Waals surface area contributed by atoms with Crippen molar-refractivity contribution in [2.75, 3.05) is 20.0 Å². The molecule has 138 valence electrons. The highest BCUT2D eigenvalue weighted by Crippen LogP contribution is 2.58. The molecule has 6 heteroatoms. The van der Waals surface area contributed by atoms with Crippen LogP contribution in [0, 0.1) is 0 Å². The lowest BCUT2D eigenvalue weighted by Gasteiger charge is -2.42. The highest BCUT2D eigenvalue weighted by atomic mass is 32.2. The molecule has 0 amide bonds. The average molecular weight is 373 g/mol. The number of methoxy groups -OCH3 is 1. The molecule has 1 spiro atoms. The number of ether oxygens (including phenoxy) is 1. The van der Waals surface area contributed by atoms with Crippen molar-refractivity contribution in [3.05, 3.63) is 47.5 Å². The van der Waals surface area contributed by atoms with Gasteiger partial charge in [0.1, 0.15) is 22.7 Å². The van der Waals surface area contributed by atoms with Crippen LogP contribution in [0.15, 0.2) is 52.6 Å². The van der Waals surface area contributed by atoms with Crippen molar-refractivity contribution >= 4 is 23.4 Å². The number of hydrogen-bond donors (Lipinski definition) is 0. The first-order valence-electron chi connectivity index (χ1n) is 9.05. The van der Waals surface area contributed by atoms with E-state index in [2.05, 4.69) is 49.8 Å². The monoisotopic (exact) mass is 372 g/mol. The summed E-state index contributed by atoms with van der Waals surface area (Å²) in [4.78, 5) is 11.0. The smallest absolute Gasteiger partial charge is 0.354 e. The minimum absolute atomic E-state index is 0.261. The van der Waals surface area contributed by atoms with Gasteiger partial charge in [-0.25, -0.2) is 4.57 Å². The number of allylic oxidation sites excluding steroid dienone is 3. The minimum Gasteiger partial charge on any atom is -0.496 e. The van der Waals surface area contributed by atoms with Gasteiger partial charge in [-0.2, -0.15) is 9.82 Å². The maximum atomic E-state index is 6.18. The second-order valence-electron chi connectivity index (χ2n) is 7.01. The molecule has 4 rings (SSSR count). The van der Waals surface area contributed by atoms with Gasteiger partial charge < -0.3 is 4.74 Å². The van der Waals surface area contributed by atoms with Gasteiger partial charge in [-0.15, -0.1) is 11.8 Å². The maximum absolute atomic E-state index is 6.18. The molecule has 3 heterocycles. The highest BCUT2D eigenvalue weighted by Gasteiger charge is 2.67. The molecule has 0 saturated heterocycles. The number of hydroxylamine groups is 2. The predicted octanol–water partition coefficient (Wildman–Crippen LogP) is 4.64. The molecular weight excluding hydrogens is 346 g/mol. The van der Waals surface area contributed by atoms with Gasteiger partial charge in [-0.3, -0.25) is 0 Å². The standard InChI is InChI=1S/C20H26N3O2S/c1-6-11-26-16-13-21-19-22(16)18-15(3)17(24-4)14(2)12-20(18)9-7-8-10-23(19,20)25-5/h7-10,13H,6,11-12H2,1-5H3/q+1. The van der Waals surface area contributed by atoms with E-state index in [9.17, 15) is 0 Å². The Balaban J connectivity index is 2.04. The summed E-state index contributed by atoms with van der Waals surface area (Å²) < 4.78 is 8.33. The predicted molar refractivity (Wildman–Crippen MR) is 106 cm³/mol. The van der Waals surface area contributed by atoms with E-state index in [0.29, 0.717) is 0 Å². The lowest BCUT2D eigenvalue weighted by molar-refractivity contribution is -0.118. The number of nitrogens with zero attached hydrogens (tertiary/aromatic N) is 3. The van der Waals surface area contributed by atoms with E-state index >= 15 is 0 Å². The Labute approximate surface area is 159 Å². The summed E-state index contributed by atoms with van der Waals surface area (Å²) in [5.41, 5.74) is 3.27. The number of imidazole rings is 1. The third-order valence-electron chi connectivity index (χ3n) is 5.58. The van der Waals surface area contributed by atoms with Crippen LogP contribution in [0.5, 0.6) is 0 Å². The van der Waals surface area contributed by atoms with Crippen molar-refractivity contribution < 1.29 is 9.57 Å². The number of fused-ring (bicyclic) bond motifs is 3. The van der Waals surface area contributed by atoms with E-state index < -0.39 is 0 Å². The number of rotatable bonds is 5. The van der Waals surface area contributed by atoms with Gasteiger partial charge in [-0.1, -0.05) is 17.6 Å². The van der Waals surface area contributed by atoms with Crippen LogP contribution < -0.4 is 4.65 Å². The fourth-order valence-corrected chi connectivity index (χ4v) is 5.52. The Morgan fingerprint density at radius 3 is 2.81 bits per heavy atom. The van der Waals surface area contributed by atoms with E-state index in [-0.39, 0.29) is 10.2 Å². The van der Waals surface area contributed by atoms with Crippen molar-refractivity contribution in [2.45, 2.75) is 44.2 Å². The first-order chi connectivity index (χ1) is 12.6. The first kappa shape index (κ1) is 17.6. The second-order valence-corrected chi connectivity index (χ2v) is 8.12. The molecule has 2 aliphatic heterocycles. The lowest BCUT2D eigenvalue weighted by atomic mass is 9.78. The molecule has 0 bridgehead atoms. The molecule has 0 radical (unpaired) electrons. The summed E-state index contributed by atoms with van der Waals surface area (Å²) in [6, 6.07) is 0. The van der Waals surface area contributed by atoms with Crippen molar-refractivity contribution in [1.82, 2.24) is 14.2 Å². The molecule has 5 nitrogen and oxygen atoms in total. The number of thioether (sulfide) groups is 1. The molecular formula is C20H26N3O2S+. The third-order valence-corrected chi connectivity index (χ3v) is 6.77. The molecule has 2 unspecified atom stereocenters. The Morgan fingerprint density at radius 1 is 1.31 bits per heavy atom. The second kappa shape index (κ2) is 6.15. The van der Waals surface area contributed by atoms with E-state index in [0.717, 1.165) is 40.9 Å². The third kappa shape index (κ3) is 1.98. The highest BCUT2D eigenvalue weighted by molar-refractivity contribution is 7.99. The zero-order valence-electron chi connectivity index (χ0n) is 16.1.